The van der Waals surface area contributed by atoms with Crippen LogP contribution in [0.4, 0.5) is 0 Å². The van der Waals surface area contributed by atoms with Crippen LogP contribution in [0.2, 0.25) is 0 Å². The average molecular weight is 200 g/mol. The number of nitrogens with zero attached hydrogens (tertiary/aromatic N) is 2. The van der Waals surface area contributed by atoms with Gasteiger partial charge in [-0.25, -0.2) is 4.98 Å². The third-order valence-corrected chi connectivity index (χ3v) is 2.72. The Morgan fingerprint density at radius 3 is 3.15 bits per heavy atom. The topological polar surface area (TPSA) is 38.0 Å². The summed E-state index contributed by atoms with van der Waals surface area (Å²) >= 11 is 1.74. The first-order valence-corrected chi connectivity index (χ1v) is 5.71. The second kappa shape index (κ2) is 6.05. The highest BCUT2D eigenvalue weighted by atomic mass is 32.2. The standard InChI is InChI=1S/C9H16N2OS/c1-2-3-11-8-10-6-9(11)7-13-5-4-12/h6,8,12H,2-5,7H2,1H3. The van der Waals surface area contributed by atoms with Crippen molar-refractivity contribution in [3.05, 3.63) is 18.2 Å². The lowest BCUT2D eigenvalue weighted by Gasteiger charge is -2.05. The zero-order chi connectivity index (χ0) is 9.52. The zero-order valence-electron chi connectivity index (χ0n) is 7.94. The van der Waals surface area contributed by atoms with Gasteiger partial charge in [0, 0.05) is 29.9 Å². The molecular formula is C9H16N2OS. The molecule has 1 heterocycles. The molecule has 1 aromatic heterocycles. The Morgan fingerprint density at radius 1 is 1.62 bits per heavy atom. The monoisotopic (exact) mass is 200 g/mol. The van der Waals surface area contributed by atoms with Crippen molar-refractivity contribution in [2.24, 2.45) is 0 Å². The third-order valence-electron chi connectivity index (χ3n) is 1.75. The number of rotatable bonds is 6. The highest BCUT2D eigenvalue weighted by Gasteiger charge is 2.00. The summed E-state index contributed by atoms with van der Waals surface area (Å²) in [6.45, 7) is 3.45. The Labute approximate surface area is 83.2 Å². The first kappa shape index (κ1) is 10.6. The highest BCUT2D eigenvalue weighted by Crippen LogP contribution is 2.11. The Kier molecular flexibility index (Phi) is 4.93. The largest absolute Gasteiger partial charge is 0.396 e. The molecule has 1 N–H and O–H groups in total. The Bertz CT molecular complexity index is 237. The van der Waals surface area contributed by atoms with Crippen LogP contribution in [0.1, 0.15) is 19.0 Å². The summed E-state index contributed by atoms with van der Waals surface area (Å²) in [5.41, 5.74) is 1.25. The number of thioether (sulfide) groups is 1. The summed E-state index contributed by atoms with van der Waals surface area (Å²) in [6, 6.07) is 0. The average Bonchev–Trinajstić information content (AvgIpc) is 2.54. The van der Waals surface area contributed by atoms with Crippen LogP contribution in [0.3, 0.4) is 0 Å². The van der Waals surface area contributed by atoms with Gasteiger partial charge in [0.05, 0.1) is 12.9 Å². The molecule has 0 radical (unpaired) electrons. The Hall–Kier alpha value is -0.480. The molecule has 1 aromatic rings. The van der Waals surface area contributed by atoms with E-state index in [1.54, 1.807) is 11.8 Å². The Balaban J connectivity index is 2.40. The maximum absolute atomic E-state index is 8.62. The quantitative estimate of drug-likeness (QED) is 0.707. The number of hydrogen-bond donors (Lipinski definition) is 1. The van der Waals surface area contributed by atoms with Crippen molar-refractivity contribution in [2.75, 3.05) is 12.4 Å². The van der Waals surface area contributed by atoms with Crippen LogP contribution < -0.4 is 0 Å². The number of aryl methyl sites for hydroxylation is 1. The zero-order valence-corrected chi connectivity index (χ0v) is 8.76. The molecule has 1 rings (SSSR count). The van der Waals surface area contributed by atoms with E-state index in [2.05, 4.69) is 16.5 Å². The van der Waals surface area contributed by atoms with E-state index >= 15 is 0 Å². The van der Waals surface area contributed by atoms with Gasteiger partial charge in [-0.3, -0.25) is 0 Å². The molecule has 0 aliphatic rings. The van der Waals surface area contributed by atoms with Gasteiger partial charge in [0.15, 0.2) is 0 Å². The predicted molar refractivity (Wildman–Crippen MR) is 55.8 cm³/mol. The van der Waals surface area contributed by atoms with Gasteiger partial charge in [-0.1, -0.05) is 6.92 Å². The van der Waals surface area contributed by atoms with Crippen LogP contribution in [0.25, 0.3) is 0 Å². The van der Waals surface area contributed by atoms with E-state index in [0.717, 1.165) is 24.5 Å². The maximum Gasteiger partial charge on any atom is 0.0948 e. The van der Waals surface area contributed by atoms with Crippen LogP contribution in [0.5, 0.6) is 0 Å². The van der Waals surface area contributed by atoms with Gasteiger partial charge in [-0.2, -0.15) is 11.8 Å². The predicted octanol–water partition coefficient (Wildman–Crippen LogP) is 1.52. The molecule has 0 amide bonds. The lowest BCUT2D eigenvalue weighted by atomic mass is 10.4. The Morgan fingerprint density at radius 2 is 2.46 bits per heavy atom. The van der Waals surface area contributed by atoms with E-state index in [1.165, 1.54) is 5.69 Å². The van der Waals surface area contributed by atoms with Gasteiger partial charge < -0.3 is 9.67 Å². The van der Waals surface area contributed by atoms with Crippen molar-refractivity contribution in [1.29, 1.82) is 0 Å². The molecule has 13 heavy (non-hydrogen) atoms. The van der Waals surface area contributed by atoms with Gasteiger partial charge in [0.1, 0.15) is 0 Å². The van der Waals surface area contributed by atoms with Gasteiger partial charge in [-0.05, 0) is 6.42 Å². The molecule has 74 valence electrons. The van der Waals surface area contributed by atoms with Crippen molar-refractivity contribution in [3.8, 4) is 0 Å². The molecule has 0 atom stereocenters. The number of imidazole rings is 1. The summed E-state index contributed by atoms with van der Waals surface area (Å²) in [7, 11) is 0. The van der Waals surface area contributed by atoms with E-state index < -0.39 is 0 Å². The number of aliphatic hydroxyl groups is 1. The molecule has 0 fully saturated rings. The molecule has 0 spiro atoms. The van der Waals surface area contributed by atoms with Gasteiger partial charge >= 0.3 is 0 Å². The fraction of sp³-hybridized carbons (Fsp3) is 0.667. The summed E-state index contributed by atoms with van der Waals surface area (Å²) in [4.78, 5) is 4.11. The number of aromatic nitrogens is 2. The molecule has 0 unspecified atom stereocenters. The molecule has 0 saturated carbocycles. The molecule has 0 aromatic carbocycles. The van der Waals surface area contributed by atoms with E-state index in [1.807, 2.05) is 12.5 Å². The minimum Gasteiger partial charge on any atom is -0.396 e. The number of hydrogen-bond acceptors (Lipinski definition) is 3. The SMILES string of the molecule is CCCn1cncc1CSCCO. The first-order chi connectivity index (χ1) is 6.38. The van der Waals surface area contributed by atoms with Gasteiger partial charge in [-0.15, -0.1) is 0 Å². The first-order valence-electron chi connectivity index (χ1n) is 4.56. The molecule has 0 aliphatic carbocycles. The van der Waals surface area contributed by atoms with Crippen LogP contribution in [-0.2, 0) is 12.3 Å². The fourth-order valence-corrected chi connectivity index (χ4v) is 1.87. The molecule has 0 aliphatic heterocycles. The molecule has 4 heteroatoms. The minimum atomic E-state index is 0.257. The molecule has 0 saturated heterocycles. The van der Waals surface area contributed by atoms with Crippen LogP contribution in [0.15, 0.2) is 12.5 Å². The van der Waals surface area contributed by atoms with E-state index in [4.69, 9.17) is 5.11 Å². The molecule has 0 bridgehead atoms. The minimum absolute atomic E-state index is 0.257. The second-order valence-corrected chi connectivity index (χ2v) is 3.96. The van der Waals surface area contributed by atoms with E-state index in [-0.39, 0.29) is 6.61 Å². The van der Waals surface area contributed by atoms with Gasteiger partial charge in [0.2, 0.25) is 0 Å². The summed E-state index contributed by atoms with van der Waals surface area (Å²) < 4.78 is 2.17. The van der Waals surface area contributed by atoms with Crippen molar-refractivity contribution in [2.45, 2.75) is 25.6 Å². The smallest absolute Gasteiger partial charge is 0.0948 e. The van der Waals surface area contributed by atoms with Crippen molar-refractivity contribution < 1.29 is 5.11 Å². The van der Waals surface area contributed by atoms with Crippen LogP contribution >= 0.6 is 11.8 Å². The molecule has 3 nitrogen and oxygen atoms in total. The maximum atomic E-state index is 8.62. The van der Waals surface area contributed by atoms with Crippen LogP contribution in [-0.4, -0.2) is 27.0 Å². The summed E-state index contributed by atoms with van der Waals surface area (Å²) in [5.74, 6) is 1.75. The van der Waals surface area contributed by atoms with E-state index in [0.29, 0.717) is 0 Å². The second-order valence-electron chi connectivity index (χ2n) is 2.85. The lowest BCUT2D eigenvalue weighted by molar-refractivity contribution is 0.322. The third kappa shape index (κ3) is 3.40. The van der Waals surface area contributed by atoms with Crippen LogP contribution in [0, 0.1) is 0 Å². The van der Waals surface area contributed by atoms with Crippen molar-refractivity contribution in [3.63, 3.8) is 0 Å². The normalized spacial score (nSPS) is 10.6. The molecular weight excluding hydrogens is 184 g/mol. The number of aliphatic hydroxyl groups excluding tert-OH is 1. The summed E-state index contributed by atoms with van der Waals surface area (Å²) in [5, 5.41) is 8.62. The fourth-order valence-electron chi connectivity index (χ4n) is 1.15. The van der Waals surface area contributed by atoms with Crippen molar-refractivity contribution >= 4 is 11.8 Å². The highest BCUT2D eigenvalue weighted by molar-refractivity contribution is 7.98. The summed E-state index contributed by atoms with van der Waals surface area (Å²) in [6.07, 6.45) is 4.91. The van der Waals surface area contributed by atoms with Gasteiger partial charge in [0.25, 0.3) is 0 Å². The van der Waals surface area contributed by atoms with Crippen molar-refractivity contribution in [1.82, 2.24) is 9.55 Å². The van der Waals surface area contributed by atoms with E-state index in [9.17, 15) is 0 Å². The lowest BCUT2D eigenvalue weighted by Crippen LogP contribution is -2.00.